The molecular formula is C12H22N2O3. The average molecular weight is 242 g/mol. The molecule has 0 spiro atoms. The van der Waals surface area contributed by atoms with E-state index in [0.717, 1.165) is 12.8 Å². The molecule has 5 nitrogen and oxygen atoms in total. The molecule has 1 aliphatic heterocycles. The quantitative estimate of drug-likeness (QED) is 0.718. The third-order valence-corrected chi connectivity index (χ3v) is 3.55. The first-order chi connectivity index (χ1) is 8.24. The molecule has 1 aliphatic carbocycles. The second-order valence-corrected chi connectivity index (χ2v) is 4.81. The number of nitrogens with zero attached hydrogens (tertiary/aromatic N) is 2. The van der Waals surface area contributed by atoms with Crippen LogP contribution < -0.4 is 0 Å². The molecule has 0 bridgehead atoms. The summed E-state index contributed by atoms with van der Waals surface area (Å²) in [5, 5.41) is 9.07. The zero-order valence-corrected chi connectivity index (χ0v) is 10.5. The predicted molar refractivity (Wildman–Crippen MR) is 63.7 cm³/mol. The van der Waals surface area contributed by atoms with Crippen LogP contribution >= 0.6 is 0 Å². The fourth-order valence-electron chi connectivity index (χ4n) is 2.40. The van der Waals surface area contributed by atoms with Gasteiger partial charge in [-0.3, -0.25) is 9.69 Å². The summed E-state index contributed by atoms with van der Waals surface area (Å²) < 4.78 is 5.25. The predicted octanol–water partition coefficient (Wildman–Crippen LogP) is -0.310. The van der Waals surface area contributed by atoms with Crippen molar-refractivity contribution in [2.45, 2.75) is 31.8 Å². The summed E-state index contributed by atoms with van der Waals surface area (Å²) in [4.78, 5) is 16.3. The number of carbonyl (C=O) groups excluding carboxylic acids is 1. The van der Waals surface area contributed by atoms with Gasteiger partial charge in [-0.1, -0.05) is 0 Å². The van der Waals surface area contributed by atoms with E-state index in [4.69, 9.17) is 9.84 Å². The van der Waals surface area contributed by atoms with Crippen molar-refractivity contribution in [1.29, 1.82) is 0 Å². The van der Waals surface area contributed by atoms with E-state index in [-0.39, 0.29) is 18.6 Å². The maximum absolute atomic E-state index is 12.3. The van der Waals surface area contributed by atoms with Crippen LogP contribution in [0, 0.1) is 0 Å². The van der Waals surface area contributed by atoms with E-state index < -0.39 is 0 Å². The highest BCUT2D eigenvalue weighted by Gasteiger charge is 2.36. The molecule has 0 aromatic carbocycles. The van der Waals surface area contributed by atoms with Crippen LogP contribution in [-0.4, -0.2) is 72.4 Å². The SMILES string of the molecule is CC(C(=O)N1CCOCC1)N(CCO)C1CC1. The molecule has 1 N–H and O–H groups in total. The zero-order valence-electron chi connectivity index (χ0n) is 10.5. The molecule has 1 heterocycles. The van der Waals surface area contributed by atoms with Gasteiger partial charge in [0, 0.05) is 25.7 Å². The van der Waals surface area contributed by atoms with Gasteiger partial charge < -0.3 is 14.7 Å². The van der Waals surface area contributed by atoms with E-state index in [2.05, 4.69) is 4.90 Å². The van der Waals surface area contributed by atoms with Crippen LogP contribution in [0.2, 0.25) is 0 Å². The molecule has 0 aromatic rings. The lowest BCUT2D eigenvalue weighted by Gasteiger charge is -2.34. The lowest BCUT2D eigenvalue weighted by Crippen LogP contribution is -2.51. The van der Waals surface area contributed by atoms with E-state index in [1.165, 1.54) is 0 Å². The van der Waals surface area contributed by atoms with Crippen molar-refractivity contribution in [3.8, 4) is 0 Å². The molecule has 1 saturated carbocycles. The van der Waals surface area contributed by atoms with E-state index in [1.807, 2.05) is 11.8 Å². The molecule has 1 saturated heterocycles. The Morgan fingerprint density at radius 1 is 1.47 bits per heavy atom. The molecule has 1 atom stereocenters. The van der Waals surface area contributed by atoms with Gasteiger partial charge in [0.05, 0.1) is 25.9 Å². The molecule has 2 aliphatic rings. The Morgan fingerprint density at radius 3 is 2.65 bits per heavy atom. The van der Waals surface area contributed by atoms with Crippen LogP contribution in [0.5, 0.6) is 0 Å². The van der Waals surface area contributed by atoms with Crippen molar-refractivity contribution >= 4 is 5.91 Å². The highest BCUT2D eigenvalue weighted by atomic mass is 16.5. The van der Waals surface area contributed by atoms with Gasteiger partial charge in [-0.25, -0.2) is 0 Å². The first kappa shape index (κ1) is 12.8. The molecule has 98 valence electrons. The van der Waals surface area contributed by atoms with Gasteiger partial charge in [0.25, 0.3) is 0 Å². The number of hydrogen-bond donors (Lipinski definition) is 1. The van der Waals surface area contributed by atoms with Gasteiger partial charge in [-0.2, -0.15) is 0 Å². The van der Waals surface area contributed by atoms with Gasteiger partial charge in [-0.15, -0.1) is 0 Å². The minimum atomic E-state index is -0.118. The monoisotopic (exact) mass is 242 g/mol. The maximum Gasteiger partial charge on any atom is 0.239 e. The number of amides is 1. The number of aliphatic hydroxyl groups excluding tert-OH is 1. The number of ether oxygens (including phenoxy) is 1. The van der Waals surface area contributed by atoms with Crippen molar-refractivity contribution in [1.82, 2.24) is 9.80 Å². The fourth-order valence-corrected chi connectivity index (χ4v) is 2.40. The Kier molecular flexibility index (Phi) is 4.36. The van der Waals surface area contributed by atoms with Gasteiger partial charge in [0.2, 0.25) is 5.91 Å². The zero-order chi connectivity index (χ0) is 12.3. The number of hydrogen-bond acceptors (Lipinski definition) is 4. The molecule has 0 radical (unpaired) electrons. The summed E-state index contributed by atoms with van der Waals surface area (Å²) >= 11 is 0. The van der Waals surface area contributed by atoms with E-state index >= 15 is 0 Å². The van der Waals surface area contributed by atoms with Crippen LogP contribution in [0.1, 0.15) is 19.8 Å². The van der Waals surface area contributed by atoms with Crippen molar-refractivity contribution in [2.75, 3.05) is 39.5 Å². The van der Waals surface area contributed by atoms with Gasteiger partial charge >= 0.3 is 0 Å². The molecule has 0 aromatic heterocycles. The summed E-state index contributed by atoms with van der Waals surface area (Å²) in [6, 6.07) is 0.384. The average Bonchev–Trinajstić information content (AvgIpc) is 3.19. The third-order valence-electron chi connectivity index (χ3n) is 3.55. The number of carbonyl (C=O) groups is 1. The second kappa shape index (κ2) is 5.80. The van der Waals surface area contributed by atoms with Gasteiger partial charge in [-0.05, 0) is 19.8 Å². The molecule has 1 unspecified atom stereocenters. The Bertz CT molecular complexity index is 262. The van der Waals surface area contributed by atoms with Gasteiger partial charge in [0.1, 0.15) is 0 Å². The van der Waals surface area contributed by atoms with Crippen molar-refractivity contribution in [3.05, 3.63) is 0 Å². The first-order valence-corrected chi connectivity index (χ1v) is 6.47. The smallest absolute Gasteiger partial charge is 0.239 e. The van der Waals surface area contributed by atoms with Crippen LogP contribution in [0.4, 0.5) is 0 Å². The number of rotatable bonds is 5. The minimum absolute atomic E-state index is 0.118. The standard InChI is InChI=1S/C12H22N2O3/c1-10(14(4-7-15)11-2-3-11)12(16)13-5-8-17-9-6-13/h10-11,15H,2-9H2,1H3. The number of morpholine rings is 1. The summed E-state index contributed by atoms with van der Waals surface area (Å²) in [6.07, 6.45) is 2.31. The van der Waals surface area contributed by atoms with Crippen LogP contribution in [0.25, 0.3) is 0 Å². The third kappa shape index (κ3) is 3.18. The topological polar surface area (TPSA) is 53.0 Å². The first-order valence-electron chi connectivity index (χ1n) is 6.47. The van der Waals surface area contributed by atoms with E-state index in [1.54, 1.807) is 0 Å². The Labute approximate surface area is 102 Å². The number of aliphatic hydroxyl groups is 1. The molecule has 1 amide bonds. The summed E-state index contributed by atoms with van der Waals surface area (Å²) in [7, 11) is 0. The normalized spacial score (nSPS) is 22.9. The van der Waals surface area contributed by atoms with Crippen molar-refractivity contribution in [3.63, 3.8) is 0 Å². The van der Waals surface area contributed by atoms with E-state index in [0.29, 0.717) is 38.9 Å². The Balaban J connectivity index is 1.91. The Morgan fingerprint density at radius 2 is 2.12 bits per heavy atom. The summed E-state index contributed by atoms with van der Waals surface area (Å²) in [6.45, 7) is 5.34. The molecule has 17 heavy (non-hydrogen) atoms. The summed E-state index contributed by atoms with van der Waals surface area (Å²) in [5.41, 5.74) is 0. The highest BCUT2D eigenvalue weighted by molar-refractivity contribution is 5.81. The van der Waals surface area contributed by atoms with Crippen molar-refractivity contribution < 1.29 is 14.6 Å². The van der Waals surface area contributed by atoms with E-state index in [9.17, 15) is 4.79 Å². The molecule has 2 rings (SSSR count). The lowest BCUT2D eigenvalue weighted by atomic mass is 10.2. The fraction of sp³-hybridized carbons (Fsp3) is 0.917. The maximum atomic E-state index is 12.3. The second-order valence-electron chi connectivity index (χ2n) is 4.81. The van der Waals surface area contributed by atoms with Crippen molar-refractivity contribution in [2.24, 2.45) is 0 Å². The van der Waals surface area contributed by atoms with Crippen LogP contribution in [0.15, 0.2) is 0 Å². The molecule has 5 heteroatoms. The Hall–Kier alpha value is -0.650. The minimum Gasteiger partial charge on any atom is -0.395 e. The van der Waals surface area contributed by atoms with Gasteiger partial charge in [0.15, 0.2) is 0 Å². The molecule has 2 fully saturated rings. The molecular weight excluding hydrogens is 220 g/mol. The largest absolute Gasteiger partial charge is 0.395 e. The van der Waals surface area contributed by atoms with Crippen LogP contribution in [-0.2, 0) is 9.53 Å². The summed E-state index contributed by atoms with van der Waals surface area (Å²) in [5.74, 6) is 0.175. The lowest BCUT2D eigenvalue weighted by molar-refractivity contribution is -0.140. The van der Waals surface area contributed by atoms with Crippen LogP contribution in [0.3, 0.4) is 0 Å². The highest BCUT2D eigenvalue weighted by Crippen LogP contribution is 2.28.